The van der Waals surface area contributed by atoms with Crippen LogP contribution in [0.4, 0.5) is 5.82 Å². The van der Waals surface area contributed by atoms with E-state index in [4.69, 9.17) is 0 Å². The Morgan fingerprint density at radius 3 is 2.84 bits per heavy atom. The maximum Gasteiger partial charge on any atom is 0.272 e. The number of pyridine rings is 1. The zero-order valence-corrected chi connectivity index (χ0v) is 11.1. The van der Waals surface area contributed by atoms with Crippen LogP contribution in [0.15, 0.2) is 18.2 Å². The average Bonchev–Trinajstić information content (AvgIpc) is 2.83. The number of aryl methyl sites for hydroxylation is 1. The third-order valence-electron chi connectivity index (χ3n) is 2.59. The Kier molecular flexibility index (Phi) is 3.74. The Labute approximate surface area is 111 Å². The lowest BCUT2D eigenvalue weighted by molar-refractivity contribution is 0.0776. The summed E-state index contributed by atoms with van der Waals surface area (Å²) < 4.78 is 0. The molecule has 0 aliphatic carbocycles. The molecule has 0 atom stereocenters. The minimum Gasteiger partial charge on any atom is -0.373 e. The molecule has 2 N–H and O–H groups in total. The van der Waals surface area contributed by atoms with E-state index in [0.717, 1.165) is 5.82 Å². The average molecular weight is 260 g/mol. The molecule has 2 aromatic rings. The van der Waals surface area contributed by atoms with Crippen LogP contribution >= 0.6 is 0 Å². The highest BCUT2D eigenvalue weighted by Gasteiger charge is 2.15. The number of nitrogens with zero attached hydrogens (tertiary/aromatic N) is 4. The summed E-state index contributed by atoms with van der Waals surface area (Å²) in [5.74, 6) is 1.80. The van der Waals surface area contributed by atoms with Crippen LogP contribution < -0.4 is 5.32 Å². The second kappa shape index (κ2) is 5.47. The van der Waals surface area contributed by atoms with Crippen LogP contribution in [0.2, 0.25) is 0 Å². The minimum atomic E-state index is -0.167. The summed E-state index contributed by atoms with van der Waals surface area (Å²) in [6.45, 7) is 2.16. The summed E-state index contributed by atoms with van der Waals surface area (Å²) in [5, 5.41) is 9.65. The normalized spacial score (nSPS) is 10.3. The zero-order valence-electron chi connectivity index (χ0n) is 11.1. The SMILES string of the molecule is CNc1cccc(C(=O)N(C)Cc2n[nH]c(C)n2)n1. The summed E-state index contributed by atoms with van der Waals surface area (Å²) in [4.78, 5) is 22.1. The van der Waals surface area contributed by atoms with Crippen LogP contribution in [-0.2, 0) is 6.54 Å². The van der Waals surface area contributed by atoms with E-state index in [1.807, 2.05) is 6.92 Å². The van der Waals surface area contributed by atoms with Crippen molar-refractivity contribution in [1.29, 1.82) is 0 Å². The minimum absolute atomic E-state index is 0.167. The monoisotopic (exact) mass is 260 g/mol. The van der Waals surface area contributed by atoms with Gasteiger partial charge in [-0.05, 0) is 19.1 Å². The summed E-state index contributed by atoms with van der Waals surface area (Å²) in [5.41, 5.74) is 0.390. The van der Waals surface area contributed by atoms with Gasteiger partial charge in [-0.3, -0.25) is 9.89 Å². The fraction of sp³-hybridized carbons (Fsp3) is 0.333. The molecule has 0 radical (unpaired) electrons. The van der Waals surface area contributed by atoms with Gasteiger partial charge in [-0.15, -0.1) is 0 Å². The molecular weight excluding hydrogens is 244 g/mol. The van der Waals surface area contributed by atoms with Crippen molar-refractivity contribution in [2.45, 2.75) is 13.5 Å². The van der Waals surface area contributed by atoms with Gasteiger partial charge in [0.05, 0.1) is 6.54 Å². The first-order valence-corrected chi connectivity index (χ1v) is 5.88. The Balaban J connectivity index is 2.09. The van der Waals surface area contributed by atoms with Crippen molar-refractivity contribution in [3.8, 4) is 0 Å². The van der Waals surface area contributed by atoms with Crippen LogP contribution in [0.1, 0.15) is 22.1 Å². The van der Waals surface area contributed by atoms with Crippen LogP contribution in [0, 0.1) is 6.92 Å². The van der Waals surface area contributed by atoms with Gasteiger partial charge in [0.15, 0.2) is 5.82 Å². The fourth-order valence-corrected chi connectivity index (χ4v) is 1.63. The number of aromatic amines is 1. The molecule has 2 aromatic heterocycles. The number of aromatic nitrogens is 4. The molecule has 7 heteroatoms. The molecule has 0 saturated carbocycles. The quantitative estimate of drug-likeness (QED) is 0.850. The molecule has 0 fully saturated rings. The van der Waals surface area contributed by atoms with Crippen LogP contribution in [0.3, 0.4) is 0 Å². The summed E-state index contributed by atoms with van der Waals surface area (Å²) >= 11 is 0. The maximum atomic E-state index is 12.2. The van der Waals surface area contributed by atoms with Crippen molar-refractivity contribution < 1.29 is 4.79 Å². The zero-order chi connectivity index (χ0) is 13.8. The highest BCUT2D eigenvalue weighted by molar-refractivity contribution is 5.92. The molecule has 0 aliphatic heterocycles. The lowest BCUT2D eigenvalue weighted by atomic mass is 10.3. The molecule has 1 amide bonds. The first-order valence-electron chi connectivity index (χ1n) is 5.88. The van der Waals surface area contributed by atoms with Crippen molar-refractivity contribution in [1.82, 2.24) is 25.1 Å². The molecule has 0 saturated heterocycles. The number of anilines is 1. The number of rotatable bonds is 4. The van der Waals surface area contributed by atoms with Gasteiger partial charge in [-0.1, -0.05) is 6.07 Å². The van der Waals surface area contributed by atoms with Crippen LogP contribution in [0.25, 0.3) is 0 Å². The van der Waals surface area contributed by atoms with Crippen molar-refractivity contribution in [3.63, 3.8) is 0 Å². The molecule has 2 rings (SSSR count). The van der Waals surface area contributed by atoms with Crippen LogP contribution in [0.5, 0.6) is 0 Å². The summed E-state index contributed by atoms with van der Waals surface area (Å²) in [7, 11) is 3.46. The number of carbonyl (C=O) groups is 1. The number of nitrogens with one attached hydrogen (secondary N) is 2. The van der Waals surface area contributed by atoms with E-state index in [2.05, 4.69) is 25.5 Å². The molecule has 2 heterocycles. The second-order valence-corrected chi connectivity index (χ2v) is 4.16. The Bertz CT molecular complexity index is 579. The predicted octanol–water partition coefficient (Wildman–Crippen LogP) is 0.822. The first-order chi connectivity index (χ1) is 9.10. The van der Waals surface area contributed by atoms with Crippen molar-refractivity contribution in [3.05, 3.63) is 35.5 Å². The highest BCUT2D eigenvalue weighted by Crippen LogP contribution is 2.07. The van der Waals surface area contributed by atoms with Gasteiger partial charge in [0.25, 0.3) is 5.91 Å². The largest absolute Gasteiger partial charge is 0.373 e. The summed E-state index contributed by atoms with van der Waals surface area (Å²) in [6.07, 6.45) is 0. The number of hydrogen-bond donors (Lipinski definition) is 2. The number of H-pyrrole nitrogens is 1. The van der Waals surface area contributed by atoms with Gasteiger partial charge < -0.3 is 10.2 Å². The Morgan fingerprint density at radius 2 is 2.21 bits per heavy atom. The van der Waals surface area contributed by atoms with E-state index >= 15 is 0 Å². The van der Waals surface area contributed by atoms with Gasteiger partial charge in [0.2, 0.25) is 0 Å². The van der Waals surface area contributed by atoms with Crippen molar-refractivity contribution in [2.75, 3.05) is 19.4 Å². The standard InChI is InChI=1S/C12H16N6O/c1-8-14-11(17-16-8)7-18(3)12(19)9-5-4-6-10(13-2)15-9/h4-6H,7H2,1-3H3,(H,13,15)(H,14,16,17). The lowest BCUT2D eigenvalue weighted by Crippen LogP contribution is -2.27. The van der Waals surface area contributed by atoms with Gasteiger partial charge in [0.1, 0.15) is 17.3 Å². The molecule has 0 aromatic carbocycles. The molecule has 0 spiro atoms. The molecule has 0 unspecified atom stereocenters. The highest BCUT2D eigenvalue weighted by atomic mass is 16.2. The van der Waals surface area contributed by atoms with Gasteiger partial charge in [-0.25, -0.2) is 9.97 Å². The Hall–Kier alpha value is -2.44. The molecular formula is C12H16N6O. The van der Waals surface area contributed by atoms with E-state index in [1.165, 1.54) is 4.90 Å². The van der Waals surface area contributed by atoms with E-state index in [9.17, 15) is 4.79 Å². The number of hydrogen-bond acceptors (Lipinski definition) is 5. The van der Waals surface area contributed by atoms with E-state index in [-0.39, 0.29) is 5.91 Å². The van der Waals surface area contributed by atoms with Crippen molar-refractivity contribution >= 4 is 11.7 Å². The number of carbonyl (C=O) groups excluding carboxylic acids is 1. The topological polar surface area (TPSA) is 86.8 Å². The molecule has 19 heavy (non-hydrogen) atoms. The Morgan fingerprint density at radius 1 is 1.42 bits per heavy atom. The third kappa shape index (κ3) is 3.06. The maximum absolute atomic E-state index is 12.2. The van der Waals surface area contributed by atoms with Gasteiger partial charge in [0, 0.05) is 14.1 Å². The number of amides is 1. The summed E-state index contributed by atoms with van der Waals surface area (Å²) in [6, 6.07) is 5.27. The van der Waals surface area contributed by atoms with Crippen LogP contribution in [-0.4, -0.2) is 45.1 Å². The molecule has 0 aliphatic rings. The molecule has 7 nitrogen and oxygen atoms in total. The van der Waals surface area contributed by atoms with Gasteiger partial charge in [-0.2, -0.15) is 5.10 Å². The molecule has 0 bridgehead atoms. The van der Waals surface area contributed by atoms with Gasteiger partial charge >= 0.3 is 0 Å². The fourth-order valence-electron chi connectivity index (χ4n) is 1.63. The van der Waals surface area contributed by atoms with E-state index < -0.39 is 0 Å². The smallest absolute Gasteiger partial charge is 0.272 e. The lowest BCUT2D eigenvalue weighted by Gasteiger charge is -2.14. The van der Waals surface area contributed by atoms with E-state index in [0.29, 0.717) is 23.9 Å². The third-order valence-corrected chi connectivity index (χ3v) is 2.59. The van der Waals surface area contributed by atoms with E-state index in [1.54, 1.807) is 32.3 Å². The second-order valence-electron chi connectivity index (χ2n) is 4.16. The van der Waals surface area contributed by atoms with Crippen molar-refractivity contribution in [2.24, 2.45) is 0 Å². The predicted molar refractivity (Wildman–Crippen MR) is 70.7 cm³/mol. The first kappa shape index (κ1) is 13.0. The molecule has 100 valence electrons.